The van der Waals surface area contributed by atoms with Crippen LogP contribution in [0.25, 0.3) is 16.9 Å². The highest BCUT2D eigenvalue weighted by Crippen LogP contribution is 2.28. The van der Waals surface area contributed by atoms with E-state index in [1.807, 2.05) is 0 Å². The molecule has 0 unspecified atom stereocenters. The van der Waals surface area contributed by atoms with Gasteiger partial charge in [-0.15, -0.1) is 0 Å². The number of benzene rings is 1. The van der Waals surface area contributed by atoms with Gasteiger partial charge in [-0.3, -0.25) is 4.57 Å². The highest BCUT2D eigenvalue weighted by Gasteiger charge is 2.22. The fourth-order valence-electron chi connectivity index (χ4n) is 2.26. The van der Waals surface area contributed by atoms with Gasteiger partial charge in [0.1, 0.15) is 17.0 Å². The molecule has 3 aromatic rings. The van der Waals surface area contributed by atoms with Crippen molar-refractivity contribution in [1.82, 2.24) is 19.3 Å². The van der Waals surface area contributed by atoms with E-state index < -0.39 is 23.1 Å². The van der Waals surface area contributed by atoms with Gasteiger partial charge in [0.25, 0.3) is 0 Å². The third-order valence-corrected chi connectivity index (χ3v) is 3.03. The standard InChI is InChI=1S/C12H10F3N5/c1-5-9-11(19(2)18-5)20(12(16)17-9)10-7(14)3-6(13)4-8(10)15/h3-4H,1-2H3,(H2,16,17). The number of aromatic nitrogens is 4. The Kier molecular flexibility index (Phi) is 2.50. The van der Waals surface area contributed by atoms with E-state index in [0.29, 0.717) is 29.0 Å². The molecule has 8 heteroatoms. The maximum Gasteiger partial charge on any atom is 0.207 e. The summed E-state index contributed by atoms with van der Waals surface area (Å²) in [4.78, 5) is 4.04. The molecule has 0 amide bonds. The molecule has 0 aliphatic rings. The van der Waals surface area contributed by atoms with Gasteiger partial charge in [0, 0.05) is 19.2 Å². The highest BCUT2D eigenvalue weighted by atomic mass is 19.1. The molecule has 0 atom stereocenters. The van der Waals surface area contributed by atoms with E-state index >= 15 is 0 Å². The number of anilines is 1. The van der Waals surface area contributed by atoms with Crippen LogP contribution in [0, 0.1) is 24.4 Å². The molecule has 0 saturated heterocycles. The molecule has 0 spiro atoms. The molecule has 1 aromatic carbocycles. The Morgan fingerprint density at radius 1 is 1.15 bits per heavy atom. The molecule has 2 aromatic heterocycles. The maximum absolute atomic E-state index is 13.9. The van der Waals surface area contributed by atoms with Crippen molar-refractivity contribution in [3.8, 4) is 5.69 Å². The van der Waals surface area contributed by atoms with Crippen LogP contribution in [0.15, 0.2) is 12.1 Å². The molecule has 0 bridgehead atoms. The van der Waals surface area contributed by atoms with Gasteiger partial charge in [-0.25, -0.2) is 22.8 Å². The molecule has 2 N–H and O–H groups in total. The Morgan fingerprint density at radius 2 is 1.75 bits per heavy atom. The van der Waals surface area contributed by atoms with Crippen LogP contribution >= 0.6 is 0 Å². The first-order valence-corrected chi connectivity index (χ1v) is 5.72. The molecule has 0 saturated carbocycles. The third-order valence-electron chi connectivity index (χ3n) is 3.03. The van der Waals surface area contributed by atoms with Gasteiger partial charge < -0.3 is 5.73 Å². The van der Waals surface area contributed by atoms with Crippen molar-refractivity contribution in [3.05, 3.63) is 35.3 Å². The first kappa shape index (κ1) is 12.5. The zero-order chi connectivity index (χ0) is 14.6. The van der Waals surface area contributed by atoms with E-state index in [9.17, 15) is 13.2 Å². The smallest absolute Gasteiger partial charge is 0.207 e. The summed E-state index contributed by atoms with van der Waals surface area (Å²) in [5, 5.41) is 4.11. The number of aryl methyl sites for hydroxylation is 2. The lowest BCUT2D eigenvalue weighted by molar-refractivity contribution is 0.535. The van der Waals surface area contributed by atoms with Crippen molar-refractivity contribution < 1.29 is 13.2 Å². The van der Waals surface area contributed by atoms with E-state index in [0.717, 1.165) is 4.57 Å². The topological polar surface area (TPSA) is 61.7 Å². The summed E-state index contributed by atoms with van der Waals surface area (Å²) in [7, 11) is 1.60. The van der Waals surface area contributed by atoms with E-state index in [1.165, 1.54) is 4.68 Å². The first-order valence-electron chi connectivity index (χ1n) is 5.72. The largest absolute Gasteiger partial charge is 0.369 e. The van der Waals surface area contributed by atoms with Crippen LogP contribution in [0.4, 0.5) is 19.1 Å². The fraction of sp³-hybridized carbons (Fsp3) is 0.167. The van der Waals surface area contributed by atoms with Gasteiger partial charge in [0.2, 0.25) is 5.95 Å². The van der Waals surface area contributed by atoms with Crippen LogP contribution in [-0.4, -0.2) is 19.3 Å². The van der Waals surface area contributed by atoms with Crippen molar-refractivity contribution in [2.24, 2.45) is 7.05 Å². The highest BCUT2D eigenvalue weighted by molar-refractivity contribution is 5.80. The molecule has 5 nitrogen and oxygen atoms in total. The van der Waals surface area contributed by atoms with Crippen LogP contribution in [0.5, 0.6) is 0 Å². The van der Waals surface area contributed by atoms with Gasteiger partial charge in [0.05, 0.1) is 5.69 Å². The zero-order valence-electron chi connectivity index (χ0n) is 10.7. The van der Waals surface area contributed by atoms with Crippen molar-refractivity contribution in [2.45, 2.75) is 6.92 Å². The lowest BCUT2D eigenvalue weighted by Gasteiger charge is -2.09. The van der Waals surface area contributed by atoms with E-state index in [1.54, 1.807) is 14.0 Å². The van der Waals surface area contributed by atoms with Gasteiger partial charge in [-0.05, 0) is 6.92 Å². The number of rotatable bonds is 1. The third kappa shape index (κ3) is 1.57. The van der Waals surface area contributed by atoms with Crippen LogP contribution in [0.1, 0.15) is 5.69 Å². The molecule has 2 heterocycles. The lowest BCUT2D eigenvalue weighted by atomic mass is 10.2. The number of imidazole rings is 1. The summed E-state index contributed by atoms with van der Waals surface area (Å²) < 4.78 is 43.3. The summed E-state index contributed by atoms with van der Waals surface area (Å²) in [6.45, 7) is 1.70. The minimum absolute atomic E-state index is 0.0968. The average Bonchev–Trinajstić information content (AvgIpc) is 2.78. The number of halogens is 3. The van der Waals surface area contributed by atoms with Crippen molar-refractivity contribution >= 4 is 17.1 Å². The zero-order valence-corrected chi connectivity index (χ0v) is 10.7. The molecular weight excluding hydrogens is 271 g/mol. The van der Waals surface area contributed by atoms with Crippen molar-refractivity contribution in [1.29, 1.82) is 0 Å². The molecule has 0 aliphatic heterocycles. The summed E-state index contributed by atoms with van der Waals surface area (Å²) in [6.07, 6.45) is 0. The Labute approximate surface area is 111 Å². The number of nitrogens with zero attached hydrogens (tertiary/aromatic N) is 4. The Hall–Kier alpha value is -2.51. The molecule has 3 rings (SSSR count). The monoisotopic (exact) mass is 281 g/mol. The summed E-state index contributed by atoms with van der Waals surface area (Å²) in [5.41, 5.74) is 6.60. The second-order valence-corrected chi connectivity index (χ2v) is 4.40. The SMILES string of the molecule is Cc1nn(C)c2c1nc(N)n2-c1c(F)cc(F)cc1F. The predicted molar refractivity (Wildman–Crippen MR) is 66.9 cm³/mol. The van der Waals surface area contributed by atoms with Crippen LogP contribution in [0.3, 0.4) is 0 Å². The van der Waals surface area contributed by atoms with Gasteiger partial charge in [-0.2, -0.15) is 5.10 Å². The molecule has 0 aliphatic carbocycles. The number of nitrogens with two attached hydrogens (primary N) is 1. The molecular formula is C12H10F3N5. The Morgan fingerprint density at radius 3 is 2.35 bits per heavy atom. The fourth-order valence-corrected chi connectivity index (χ4v) is 2.26. The number of nitrogen functional groups attached to an aromatic ring is 1. The van der Waals surface area contributed by atoms with E-state index in [-0.39, 0.29) is 5.95 Å². The quantitative estimate of drug-likeness (QED) is 0.742. The average molecular weight is 281 g/mol. The van der Waals surface area contributed by atoms with Crippen LogP contribution in [-0.2, 0) is 7.05 Å². The second-order valence-electron chi connectivity index (χ2n) is 4.40. The van der Waals surface area contributed by atoms with E-state index in [4.69, 9.17) is 5.73 Å². The summed E-state index contributed by atoms with van der Waals surface area (Å²) >= 11 is 0. The Balaban J connectivity index is 2.44. The van der Waals surface area contributed by atoms with Crippen LogP contribution < -0.4 is 5.73 Å². The number of hydrogen-bond donors (Lipinski definition) is 1. The van der Waals surface area contributed by atoms with Crippen LogP contribution in [0.2, 0.25) is 0 Å². The van der Waals surface area contributed by atoms with Crippen molar-refractivity contribution in [2.75, 3.05) is 5.73 Å². The first-order chi connectivity index (χ1) is 9.40. The molecule has 104 valence electrons. The number of fused-ring (bicyclic) bond motifs is 1. The van der Waals surface area contributed by atoms with Gasteiger partial charge >= 0.3 is 0 Å². The summed E-state index contributed by atoms with van der Waals surface area (Å²) in [6, 6.07) is 1.18. The van der Waals surface area contributed by atoms with Crippen molar-refractivity contribution in [3.63, 3.8) is 0 Å². The van der Waals surface area contributed by atoms with E-state index in [2.05, 4.69) is 10.1 Å². The minimum Gasteiger partial charge on any atom is -0.369 e. The molecule has 0 radical (unpaired) electrons. The minimum atomic E-state index is -1.06. The molecule has 0 fully saturated rings. The predicted octanol–water partition coefficient (Wildman–Crippen LogP) is 2.07. The van der Waals surface area contributed by atoms with Gasteiger partial charge in [0.15, 0.2) is 17.3 Å². The lowest BCUT2D eigenvalue weighted by Crippen LogP contribution is -2.09. The maximum atomic E-state index is 13.9. The summed E-state index contributed by atoms with van der Waals surface area (Å²) in [5.74, 6) is -3.22. The molecule has 20 heavy (non-hydrogen) atoms. The second kappa shape index (κ2) is 3.99. The normalized spacial score (nSPS) is 11.4. The van der Waals surface area contributed by atoms with Gasteiger partial charge in [-0.1, -0.05) is 0 Å². The Bertz CT molecular complexity index is 810. The number of hydrogen-bond acceptors (Lipinski definition) is 3.